The smallest absolute Gasteiger partial charge is 0.142 e. The molecule has 0 spiro atoms. The molecule has 3 heteroatoms. The maximum Gasteiger partial charge on any atom is 0.142 e. The molecule has 3 rings (SSSR count). The lowest BCUT2D eigenvalue weighted by molar-refractivity contribution is -0.104. The molecule has 2 aromatic carbocycles. The Kier molecular flexibility index (Phi) is 4.90. The second kappa shape index (κ2) is 7.26. The Morgan fingerprint density at radius 1 is 1.12 bits per heavy atom. The van der Waals surface area contributed by atoms with Crippen LogP contribution in [-0.2, 0) is 9.63 Å². The molecule has 0 amide bonds. The lowest BCUT2D eigenvalue weighted by Crippen LogP contribution is -2.12. The van der Waals surface area contributed by atoms with E-state index in [4.69, 9.17) is 4.84 Å². The Balaban J connectivity index is 2.35. The highest BCUT2D eigenvalue weighted by Crippen LogP contribution is 2.37. The minimum Gasteiger partial charge on any atom is -0.399 e. The van der Waals surface area contributed by atoms with Crippen LogP contribution in [-0.4, -0.2) is 19.1 Å². The van der Waals surface area contributed by atoms with Gasteiger partial charge in [-0.25, -0.2) is 0 Å². The van der Waals surface area contributed by atoms with Gasteiger partial charge in [0.25, 0.3) is 0 Å². The third-order valence-corrected chi connectivity index (χ3v) is 4.45. The van der Waals surface area contributed by atoms with Gasteiger partial charge in [-0.2, -0.15) is 0 Å². The number of hydrogen-bond donors (Lipinski definition) is 0. The fourth-order valence-electron chi connectivity index (χ4n) is 3.43. The highest BCUT2D eigenvalue weighted by Gasteiger charge is 2.22. The van der Waals surface area contributed by atoms with Crippen molar-refractivity contribution in [2.75, 3.05) is 7.11 Å². The summed E-state index contributed by atoms with van der Waals surface area (Å²) in [6.45, 7) is 2.16. The predicted octanol–water partition coefficient (Wildman–Crippen LogP) is 5.01. The van der Waals surface area contributed by atoms with Gasteiger partial charge in [-0.1, -0.05) is 53.2 Å². The topological polar surface area (TPSA) is 38.7 Å². The molecular formula is C21H21NO2. The minimum atomic E-state index is 0.811. The van der Waals surface area contributed by atoms with E-state index in [1.807, 2.05) is 18.2 Å². The van der Waals surface area contributed by atoms with Gasteiger partial charge in [-0.05, 0) is 54.2 Å². The van der Waals surface area contributed by atoms with Crippen LogP contribution in [0.4, 0.5) is 0 Å². The van der Waals surface area contributed by atoms with E-state index >= 15 is 0 Å². The fraction of sp³-hybridized carbons (Fsp3) is 0.238. The number of aldehydes is 1. The molecule has 0 heterocycles. The normalized spacial score (nSPS) is 17.0. The second-order valence-corrected chi connectivity index (χ2v) is 5.98. The van der Waals surface area contributed by atoms with Crippen molar-refractivity contribution in [1.82, 2.24) is 0 Å². The average Bonchev–Trinajstić information content (AvgIpc) is 2.60. The zero-order chi connectivity index (χ0) is 16.9. The van der Waals surface area contributed by atoms with Crippen LogP contribution in [0.2, 0.25) is 0 Å². The summed E-state index contributed by atoms with van der Waals surface area (Å²) in [5.74, 6) is 0. The van der Waals surface area contributed by atoms with E-state index in [2.05, 4.69) is 36.3 Å². The predicted molar refractivity (Wildman–Crippen MR) is 99.9 cm³/mol. The van der Waals surface area contributed by atoms with Crippen molar-refractivity contribution in [1.29, 1.82) is 0 Å². The molecule has 2 aromatic rings. The number of nitrogens with zero attached hydrogens (tertiary/aromatic N) is 1. The first-order chi connectivity index (χ1) is 11.8. The summed E-state index contributed by atoms with van der Waals surface area (Å²) in [7, 11) is 1.59. The molecule has 0 radical (unpaired) electrons. The lowest BCUT2D eigenvalue weighted by atomic mass is 9.82. The summed E-state index contributed by atoms with van der Waals surface area (Å²) in [6, 6.07) is 12.5. The number of allylic oxidation sites excluding steroid dienone is 3. The van der Waals surface area contributed by atoms with Gasteiger partial charge >= 0.3 is 0 Å². The number of benzene rings is 2. The third kappa shape index (κ3) is 3.02. The molecule has 1 aliphatic carbocycles. The van der Waals surface area contributed by atoms with Gasteiger partial charge in [0.15, 0.2) is 0 Å². The van der Waals surface area contributed by atoms with Gasteiger partial charge in [-0.15, -0.1) is 0 Å². The van der Waals surface area contributed by atoms with Gasteiger partial charge in [0.05, 0.1) is 5.71 Å². The van der Waals surface area contributed by atoms with Crippen molar-refractivity contribution in [2.24, 2.45) is 5.16 Å². The molecule has 0 unspecified atom stereocenters. The molecular weight excluding hydrogens is 298 g/mol. The third-order valence-electron chi connectivity index (χ3n) is 4.45. The van der Waals surface area contributed by atoms with Crippen LogP contribution in [0.25, 0.3) is 22.4 Å². The molecule has 24 heavy (non-hydrogen) atoms. The highest BCUT2D eigenvalue weighted by molar-refractivity contribution is 6.28. The van der Waals surface area contributed by atoms with Gasteiger partial charge in [-0.3, -0.25) is 4.79 Å². The van der Waals surface area contributed by atoms with E-state index < -0.39 is 0 Å². The number of carbonyl (C=O) groups excluding carboxylic acids is 1. The standard InChI is InChI=1S/C21H21NO2/c1-15-7-5-11-19(22-24-2)20(15)21-17(9-6-14-23)13-12-16-8-3-4-10-18(16)21/h3-4,6,8-10,12-14H,5,7,11H2,1-2H3/b9-6+,22-19+. The van der Waals surface area contributed by atoms with Gasteiger partial charge < -0.3 is 4.84 Å². The molecule has 0 aliphatic heterocycles. The molecule has 0 atom stereocenters. The van der Waals surface area contributed by atoms with Crippen LogP contribution in [0.3, 0.4) is 0 Å². The maximum absolute atomic E-state index is 10.8. The number of fused-ring (bicyclic) bond motifs is 1. The van der Waals surface area contributed by atoms with Crippen molar-refractivity contribution in [3.05, 3.63) is 59.2 Å². The summed E-state index contributed by atoms with van der Waals surface area (Å²) in [6.07, 6.45) is 7.26. The monoisotopic (exact) mass is 319 g/mol. The molecule has 0 aromatic heterocycles. The summed E-state index contributed by atoms with van der Waals surface area (Å²) in [4.78, 5) is 15.9. The van der Waals surface area contributed by atoms with Crippen LogP contribution in [0.15, 0.2) is 53.2 Å². The molecule has 0 N–H and O–H groups in total. The van der Waals surface area contributed by atoms with Crippen molar-refractivity contribution in [3.8, 4) is 0 Å². The minimum absolute atomic E-state index is 0.811. The molecule has 122 valence electrons. The molecule has 1 aliphatic rings. The Bertz CT molecular complexity index is 859. The van der Waals surface area contributed by atoms with E-state index in [-0.39, 0.29) is 0 Å². The van der Waals surface area contributed by atoms with Gasteiger partial charge in [0.1, 0.15) is 13.4 Å². The van der Waals surface area contributed by atoms with E-state index in [0.717, 1.165) is 48.0 Å². The van der Waals surface area contributed by atoms with Gasteiger partial charge in [0, 0.05) is 5.57 Å². The zero-order valence-electron chi connectivity index (χ0n) is 14.1. The maximum atomic E-state index is 10.8. The first-order valence-corrected chi connectivity index (χ1v) is 8.20. The van der Waals surface area contributed by atoms with Crippen LogP contribution in [0, 0.1) is 0 Å². The Labute approximate surface area is 142 Å². The van der Waals surface area contributed by atoms with E-state index in [1.165, 1.54) is 16.3 Å². The molecule has 0 saturated heterocycles. The van der Waals surface area contributed by atoms with Crippen molar-refractivity contribution >= 4 is 34.4 Å². The number of carbonyl (C=O) groups is 1. The van der Waals surface area contributed by atoms with Crippen LogP contribution in [0.1, 0.15) is 37.3 Å². The van der Waals surface area contributed by atoms with Crippen molar-refractivity contribution < 1.29 is 9.63 Å². The van der Waals surface area contributed by atoms with E-state index in [1.54, 1.807) is 13.2 Å². The van der Waals surface area contributed by atoms with Crippen LogP contribution in [0.5, 0.6) is 0 Å². The summed E-state index contributed by atoms with van der Waals surface area (Å²) >= 11 is 0. The molecule has 0 bridgehead atoms. The highest BCUT2D eigenvalue weighted by atomic mass is 16.6. The zero-order valence-corrected chi connectivity index (χ0v) is 14.1. The summed E-state index contributed by atoms with van der Waals surface area (Å²) in [5.41, 5.74) is 5.62. The van der Waals surface area contributed by atoms with Crippen LogP contribution < -0.4 is 0 Å². The summed E-state index contributed by atoms with van der Waals surface area (Å²) < 4.78 is 0. The second-order valence-electron chi connectivity index (χ2n) is 5.98. The molecule has 0 fully saturated rings. The first kappa shape index (κ1) is 16.2. The average molecular weight is 319 g/mol. The van der Waals surface area contributed by atoms with Crippen molar-refractivity contribution in [3.63, 3.8) is 0 Å². The fourth-order valence-corrected chi connectivity index (χ4v) is 3.43. The molecule has 0 saturated carbocycles. The van der Waals surface area contributed by atoms with Gasteiger partial charge in [0.2, 0.25) is 0 Å². The number of rotatable bonds is 4. The molecule has 3 nitrogen and oxygen atoms in total. The van der Waals surface area contributed by atoms with E-state index in [0.29, 0.717) is 0 Å². The Hall–Kier alpha value is -2.68. The van der Waals surface area contributed by atoms with Crippen LogP contribution >= 0.6 is 0 Å². The largest absolute Gasteiger partial charge is 0.399 e. The Morgan fingerprint density at radius 2 is 1.96 bits per heavy atom. The SMILES string of the molecule is CO/N=C1\CCCC(C)=C1c1c(/C=C/C=O)ccc2ccccc12. The quantitative estimate of drug-likeness (QED) is 0.451. The van der Waals surface area contributed by atoms with Crippen molar-refractivity contribution in [2.45, 2.75) is 26.2 Å². The number of hydrogen-bond acceptors (Lipinski definition) is 3. The number of oxime groups is 1. The first-order valence-electron chi connectivity index (χ1n) is 8.20. The lowest BCUT2D eigenvalue weighted by Gasteiger charge is -2.23. The van der Waals surface area contributed by atoms with E-state index in [9.17, 15) is 4.79 Å². The Morgan fingerprint density at radius 3 is 2.75 bits per heavy atom. The summed E-state index contributed by atoms with van der Waals surface area (Å²) in [5, 5.41) is 6.64.